The van der Waals surface area contributed by atoms with E-state index in [-0.39, 0.29) is 17.7 Å². The van der Waals surface area contributed by atoms with Crippen LogP contribution in [0.25, 0.3) is 0 Å². The van der Waals surface area contributed by atoms with E-state index in [4.69, 9.17) is 18.6 Å². The second-order valence-corrected chi connectivity index (χ2v) is 8.84. The highest BCUT2D eigenvalue weighted by atomic mass is 16.5. The zero-order chi connectivity index (χ0) is 25.7. The van der Waals surface area contributed by atoms with Gasteiger partial charge in [0.2, 0.25) is 11.7 Å². The molecule has 0 unspecified atom stereocenters. The number of furan rings is 1. The first-order valence-corrected chi connectivity index (χ1v) is 12.0. The first-order valence-electron chi connectivity index (χ1n) is 12.0. The van der Waals surface area contributed by atoms with Gasteiger partial charge in [0.05, 0.1) is 27.6 Å². The summed E-state index contributed by atoms with van der Waals surface area (Å²) in [5, 5.41) is 3.17. The van der Waals surface area contributed by atoms with Crippen molar-refractivity contribution in [3.63, 3.8) is 0 Å². The number of amides is 2. The lowest BCUT2D eigenvalue weighted by molar-refractivity contribution is -0.123. The molecule has 0 radical (unpaired) electrons. The van der Waals surface area contributed by atoms with Crippen molar-refractivity contribution in [1.82, 2.24) is 5.32 Å². The van der Waals surface area contributed by atoms with Crippen molar-refractivity contribution in [2.24, 2.45) is 0 Å². The van der Waals surface area contributed by atoms with Crippen molar-refractivity contribution in [2.75, 3.05) is 26.2 Å². The Balaban J connectivity index is 1.89. The molecule has 1 atom stereocenters. The number of benzene rings is 2. The number of carbonyl (C=O) groups excluding carboxylic acids is 2. The number of nitrogens with one attached hydrogen (secondary N) is 1. The minimum atomic E-state index is -1.03. The summed E-state index contributed by atoms with van der Waals surface area (Å²) in [6.45, 7) is 1.96. The highest BCUT2D eigenvalue weighted by Gasteiger charge is 2.37. The molecule has 2 amide bonds. The molecule has 190 valence electrons. The first kappa shape index (κ1) is 25.2. The Morgan fingerprint density at radius 1 is 0.972 bits per heavy atom. The number of aryl methyl sites for hydroxylation is 1. The summed E-state index contributed by atoms with van der Waals surface area (Å²) < 4.78 is 22.1. The van der Waals surface area contributed by atoms with Gasteiger partial charge in [0.1, 0.15) is 6.04 Å². The summed E-state index contributed by atoms with van der Waals surface area (Å²) in [7, 11) is 4.55. The topological polar surface area (TPSA) is 90.2 Å². The smallest absolute Gasteiger partial charge is 0.294 e. The number of carbonyl (C=O) groups is 2. The second kappa shape index (κ2) is 11.2. The molecule has 8 heteroatoms. The Morgan fingerprint density at radius 3 is 2.14 bits per heavy atom. The standard InChI is InChI=1S/C28H32N2O6/c1-18-11-13-21(14-12-18)30(28(32)22-10-7-15-36-22)25(27(31)29-20-8-5-6-9-20)19-16-23(33-2)26(35-4)24(17-19)34-3/h7,10-17,20,25H,5-6,8-9H2,1-4H3,(H,29,31)/t25-/m1/s1. The third-order valence-electron chi connectivity index (χ3n) is 6.47. The van der Waals surface area contributed by atoms with Gasteiger partial charge in [-0.2, -0.15) is 0 Å². The number of methoxy groups -OCH3 is 3. The molecule has 0 aliphatic heterocycles. The van der Waals surface area contributed by atoms with Gasteiger partial charge < -0.3 is 23.9 Å². The quantitative estimate of drug-likeness (QED) is 0.449. The summed E-state index contributed by atoms with van der Waals surface area (Å²) >= 11 is 0. The van der Waals surface area contributed by atoms with Crippen LogP contribution in [0.5, 0.6) is 17.2 Å². The van der Waals surface area contributed by atoms with Crippen LogP contribution in [0, 0.1) is 6.92 Å². The Bertz CT molecular complexity index is 1160. The Labute approximate surface area is 211 Å². The van der Waals surface area contributed by atoms with E-state index in [1.165, 1.54) is 32.5 Å². The fraction of sp³-hybridized carbons (Fsp3) is 0.357. The number of rotatable bonds is 9. The first-order chi connectivity index (χ1) is 17.5. The predicted octanol–water partition coefficient (Wildman–Crippen LogP) is 5.06. The summed E-state index contributed by atoms with van der Waals surface area (Å²) in [6.07, 6.45) is 5.38. The molecule has 2 aromatic carbocycles. The molecule has 1 aliphatic carbocycles. The molecule has 4 rings (SSSR count). The molecule has 1 aliphatic rings. The highest BCUT2D eigenvalue weighted by molar-refractivity contribution is 6.08. The maximum Gasteiger partial charge on any atom is 0.294 e. The van der Waals surface area contributed by atoms with Crippen molar-refractivity contribution in [3.8, 4) is 17.2 Å². The lowest BCUT2D eigenvalue weighted by atomic mass is 10.00. The van der Waals surface area contributed by atoms with Crippen molar-refractivity contribution in [3.05, 3.63) is 71.7 Å². The van der Waals surface area contributed by atoms with Crippen molar-refractivity contribution >= 4 is 17.5 Å². The minimum absolute atomic E-state index is 0.0561. The number of hydrogen-bond acceptors (Lipinski definition) is 6. The van der Waals surface area contributed by atoms with E-state index in [0.717, 1.165) is 31.2 Å². The van der Waals surface area contributed by atoms with Gasteiger partial charge in [0.15, 0.2) is 17.3 Å². The van der Waals surface area contributed by atoms with Gasteiger partial charge in [-0.05, 0) is 61.7 Å². The van der Waals surface area contributed by atoms with Gasteiger partial charge in [-0.3, -0.25) is 14.5 Å². The predicted molar refractivity (Wildman–Crippen MR) is 136 cm³/mol. The van der Waals surface area contributed by atoms with Gasteiger partial charge in [-0.1, -0.05) is 30.5 Å². The number of nitrogens with zero attached hydrogens (tertiary/aromatic N) is 1. The summed E-state index contributed by atoms with van der Waals surface area (Å²) in [4.78, 5) is 29.3. The molecule has 1 heterocycles. The van der Waals surface area contributed by atoms with Gasteiger partial charge in [0.25, 0.3) is 5.91 Å². The van der Waals surface area contributed by atoms with E-state index in [2.05, 4.69) is 5.32 Å². The molecule has 0 saturated heterocycles. The van der Waals surface area contributed by atoms with Crippen molar-refractivity contribution in [2.45, 2.75) is 44.7 Å². The van der Waals surface area contributed by atoms with Crippen LogP contribution < -0.4 is 24.4 Å². The van der Waals surface area contributed by atoms with Crippen LogP contribution in [0.1, 0.15) is 53.4 Å². The lowest BCUT2D eigenvalue weighted by Crippen LogP contribution is -2.46. The zero-order valence-corrected chi connectivity index (χ0v) is 21.1. The summed E-state index contributed by atoms with van der Waals surface area (Å²) in [5.74, 6) is 0.570. The second-order valence-electron chi connectivity index (χ2n) is 8.84. The normalized spacial score (nSPS) is 14.2. The number of ether oxygens (including phenoxy) is 3. The van der Waals surface area contributed by atoms with Crippen molar-refractivity contribution in [1.29, 1.82) is 0 Å². The molecule has 1 fully saturated rings. The monoisotopic (exact) mass is 492 g/mol. The minimum Gasteiger partial charge on any atom is -0.493 e. The third-order valence-corrected chi connectivity index (χ3v) is 6.47. The van der Waals surface area contributed by atoms with Crippen LogP contribution in [0.15, 0.2) is 59.2 Å². The van der Waals surface area contributed by atoms with Crippen LogP contribution in [0.3, 0.4) is 0 Å². The molecule has 3 aromatic rings. The maximum atomic E-state index is 14.0. The Hall–Kier alpha value is -3.94. The summed E-state index contributed by atoms with van der Waals surface area (Å²) in [5.41, 5.74) is 2.10. The van der Waals surface area contributed by atoms with Crippen molar-refractivity contribution < 1.29 is 28.2 Å². The fourth-order valence-corrected chi connectivity index (χ4v) is 4.64. The van der Waals surface area contributed by atoms with E-state index >= 15 is 0 Å². The molecule has 0 spiro atoms. The van der Waals surface area contributed by atoms with E-state index in [1.54, 1.807) is 24.3 Å². The molecule has 8 nitrogen and oxygen atoms in total. The molecule has 0 bridgehead atoms. The molecule has 36 heavy (non-hydrogen) atoms. The van der Waals surface area contributed by atoms with Gasteiger partial charge in [-0.15, -0.1) is 0 Å². The fourth-order valence-electron chi connectivity index (χ4n) is 4.64. The third kappa shape index (κ3) is 5.17. The van der Waals surface area contributed by atoms with Crippen LogP contribution in [0.2, 0.25) is 0 Å². The average molecular weight is 493 g/mol. The zero-order valence-electron chi connectivity index (χ0n) is 21.1. The maximum absolute atomic E-state index is 14.0. The van der Waals surface area contributed by atoms with Crippen LogP contribution >= 0.6 is 0 Å². The molecular formula is C28H32N2O6. The SMILES string of the molecule is COc1cc([C@H](C(=O)NC2CCCC2)N(C(=O)c2ccco2)c2ccc(C)cc2)cc(OC)c1OC. The van der Waals surface area contributed by atoms with Crippen LogP contribution in [0.4, 0.5) is 5.69 Å². The van der Waals surface area contributed by atoms with Crippen LogP contribution in [-0.4, -0.2) is 39.2 Å². The van der Waals surface area contributed by atoms with E-state index in [9.17, 15) is 9.59 Å². The summed E-state index contributed by atoms with van der Waals surface area (Å²) in [6, 6.07) is 13.1. The van der Waals surface area contributed by atoms with Crippen LogP contribution in [-0.2, 0) is 4.79 Å². The Morgan fingerprint density at radius 2 is 1.61 bits per heavy atom. The van der Waals surface area contributed by atoms with E-state index in [0.29, 0.717) is 28.5 Å². The van der Waals surface area contributed by atoms with E-state index in [1.807, 2.05) is 31.2 Å². The highest BCUT2D eigenvalue weighted by Crippen LogP contribution is 2.42. The molecule has 1 saturated carbocycles. The molecule has 1 N–H and O–H groups in total. The lowest BCUT2D eigenvalue weighted by Gasteiger charge is -2.32. The van der Waals surface area contributed by atoms with Gasteiger partial charge in [-0.25, -0.2) is 0 Å². The average Bonchev–Trinajstić information content (AvgIpc) is 3.61. The number of anilines is 1. The Kier molecular flexibility index (Phi) is 7.83. The molecule has 1 aromatic heterocycles. The molecular weight excluding hydrogens is 460 g/mol. The largest absolute Gasteiger partial charge is 0.493 e. The van der Waals surface area contributed by atoms with Gasteiger partial charge >= 0.3 is 0 Å². The van der Waals surface area contributed by atoms with Gasteiger partial charge in [0, 0.05) is 11.7 Å². The number of hydrogen-bond donors (Lipinski definition) is 1. The van der Waals surface area contributed by atoms with E-state index < -0.39 is 11.9 Å².